The summed E-state index contributed by atoms with van der Waals surface area (Å²) in [7, 11) is 1.64. The van der Waals surface area contributed by atoms with E-state index in [1.54, 1.807) is 24.0 Å². The van der Waals surface area contributed by atoms with Crippen molar-refractivity contribution in [2.24, 2.45) is 0 Å². The number of carbonyl (C=O) groups is 1. The fourth-order valence-electron chi connectivity index (χ4n) is 3.82. The van der Waals surface area contributed by atoms with Crippen LogP contribution in [0.3, 0.4) is 0 Å². The number of amides is 1. The summed E-state index contributed by atoms with van der Waals surface area (Å²) in [6.45, 7) is 3.88. The Labute approximate surface area is 185 Å². The molecule has 0 radical (unpaired) electrons. The molecule has 1 aliphatic heterocycles. The number of benzene rings is 2. The SMILES string of the molecule is COc1ccc(-c2cc3nc([C@@H](C)NC(=O)c4ccc5c(c4)CC(C)O5)nn3cn2)cc1. The van der Waals surface area contributed by atoms with Gasteiger partial charge in [-0.3, -0.25) is 4.79 Å². The molecule has 1 unspecified atom stereocenters. The molecule has 3 heterocycles. The number of methoxy groups -OCH3 is 1. The maximum absolute atomic E-state index is 12.8. The Morgan fingerprint density at radius 3 is 2.81 bits per heavy atom. The molecule has 32 heavy (non-hydrogen) atoms. The Morgan fingerprint density at radius 1 is 1.22 bits per heavy atom. The monoisotopic (exact) mass is 429 g/mol. The molecule has 1 N–H and O–H groups in total. The third-order valence-corrected chi connectivity index (χ3v) is 5.52. The van der Waals surface area contributed by atoms with Gasteiger partial charge in [0.05, 0.1) is 18.8 Å². The Bertz CT molecular complexity index is 1300. The van der Waals surface area contributed by atoms with Gasteiger partial charge < -0.3 is 14.8 Å². The molecule has 162 valence electrons. The number of fused-ring (bicyclic) bond motifs is 2. The summed E-state index contributed by atoms with van der Waals surface area (Å²) >= 11 is 0. The van der Waals surface area contributed by atoms with Crippen LogP contribution in [0.2, 0.25) is 0 Å². The second-order valence-corrected chi connectivity index (χ2v) is 7.93. The molecule has 4 aromatic rings. The van der Waals surface area contributed by atoms with Crippen LogP contribution in [0.25, 0.3) is 16.9 Å². The molecule has 0 aliphatic carbocycles. The van der Waals surface area contributed by atoms with Gasteiger partial charge in [-0.05, 0) is 61.9 Å². The van der Waals surface area contributed by atoms with Crippen molar-refractivity contribution >= 4 is 11.6 Å². The first-order valence-corrected chi connectivity index (χ1v) is 10.5. The second kappa shape index (κ2) is 7.96. The smallest absolute Gasteiger partial charge is 0.251 e. The maximum atomic E-state index is 12.8. The van der Waals surface area contributed by atoms with Gasteiger partial charge >= 0.3 is 0 Å². The molecule has 2 atom stereocenters. The predicted molar refractivity (Wildman–Crippen MR) is 119 cm³/mol. The lowest BCUT2D eigenvalue weighted by Crippen LogP contribution is -2.27. The highest BCUT2D eigenvalue weighted by molar-refractivity contribution is 5.94. The Kier molecular flexibility index (Phi) is 4.97. The van der Waals surface area contributed by atoms with Crippen molar-refractivity contribution in [2.45, 2.75) is 32.4 Å². The van der Waals surface area contributed by atoms with Crippen molar-refractivity contribution in [3.05, 3.63) is 71.8 Å². The number of rotatable bonds is 5. The molecular weight excluding hydrogens is 406 g/mol. The molecular formula is C24H23N5O3. The third-order valence-electron chi connectivity index (χ3n) is 5.52. The summed E-state index contributed by atoms with van der Waals surface area (Å²) in [6.07, 6.45) is 2.58. The van der Waals surface area contributed by atoms with Gasteiger partial charge in [0.25, 0.3) is 5.91 Å². The number of nitrogens with one attached hydrogen (secondary N) is 1. The van der Waals surface area contributed by atoms with Gasteiger partial charge in [-0.15, -0.1) is 5.10 Å². The van der Waals surface area contributed by atoms with E-state index in [1.165, 1.54) is 0 Å². The van der Waals surface area contributed by atoms with E-state index in [2.05, 4.69) is 20.4 Å². The maximum Gasteiger partial charge on any atom is 0.251 e. The average Bonchev–Trinajstić information content (AvgIpc) is 3.40. The van der Waals surface area contributed by atoms with E-state index in [-0.39, 0.29) is 18.1 Å². The molecule has 2 aromatic carbocycles. The van der Waals surface area contributed by atoms with Crippen LogP contribution in [0, 0.1) is 0 Å². The van der Waals surface area contributed by atoms with Gasteiger partial charge in [0.15, 0.2) is 11.5 Å². The minimum absolute atomic E-state index is 0.140. The fraction of sp³-hybridized carbons (Fsp3) is 0.250. The Balaban J connectivity index is 1.34. The summed E-state index contributed by atoms with van der Waals surface area (Å²) in [6, 6.07) is 14.7. The second-order valence-electron chi connectivity index (χ2n) is 7.93. The first-order valence-electron chi connectivity index (χ1n) is 10.5. The minimum atomic E-state index is -0.365. The summed E-state index contributed by atoms with van der Waals surface area (Å²) in [5.74, 6) is 1.99. The molecule has 5 rings (SSSR count). The highest BCUT2D eigenvalue weighted by Gasteiger charge is 2.22. The Hall–Kier alpha value is -3.94. The first kappa shape index (κ1) is 20.0. The largest absolute Gasteiger partial charge is 0.497 e. The normalized spacial score (nSPS) is 15.8. The van der Waals surface area contributed by atoms with Crippen LogP contribution in [0.4, 0.5) is 0 Å². The molecule has 1 amide bonds. The molecule has 0 bridgehead atoms. The van der Waals surface area contributed by atoms with Gasteiger partial charge in [-0.1, -0.05) is 0 Å². The number of ether oxygens (including phenoxy) is 2. The lowest BCUT2D eigenvalue weighted by molar-refractivity contribution is 0.0938. The van der Waals surface area contributed by atoms with Gasteiger partial charge in [0, 0.05) is 23.6 Å². The zero-order chi connectivity index (χ0) is 22.2. The summed E-state index contributed by atoms with van der Waals surface area (Å²) in [4.78, 5) is 21.9. The molecule has 2 aromatic heterocycles. The molecule has 8 nitrogen and oxygen atoms in total. The van der Waals surface area contributed by atoms with Crippen LogP contribution in [-0.2, 0) is 6.42 Å². The van der Waals surface area contributed by atoms with Crippen LogP contribution in [-0.4, -0.2) is 38.7 Å². The summed E-state index contributed by atoms with van der Waals surface area (Å²) in [5, 5.41) is 7.46. The van der Waals surface area contributed by atoms with E-state index in [0.717, 1.165) is 34.7 Å². The van der Waals surface area contributed by atoms with Gasteiger partial charge in [-0.2, -0.15) is 0 Å². The zero-order valence-electron chi connectivity index (χ0n) is 18.1. The van der Waals surface area contributed by atoms with Crippen LogP contribution in [0.5, 0.6) is 11.5 Å². The van der Waals surface area contributed by atoms with Crippen molar-refractivity contribution < 1.29 is 14.3 Å². The van der Waals surface area contributed by atoms with E-state index in [9.17, 15) is 4.79 Å². The van der Waals surface area contributed by atoms with Crippen LogP contribution in [0.15, 0.2) is 54.9 Å². The number of carbonyl (C=O) groups excluding carboxylic acids is 1. The number of aromatic nitrogens is 4. The van der Waals surface area contributed by atoms with Crippen molar-refractivity contribution in [2.75, 3.05) is 7.11 Å². The molecule has 0 fully saturated rings. The topological polar surface area (TPSA) is 90.6 Å². The van der Waals surface area contributed by atoms with Gasteiger partial charge in [-0.25, -0.2) is 14.5 Å². The van der Waals surface area contributed by atoms with Crippen molar-refractivity contribution in [1.29, 1.82) is 0 Å². The van der Waals surface area contributed by atoms with E-state index >= 15 is 0 Å². The number of nitrogens with zero attached hydrogens (tertiary/aromatic N) is 4. The minimum Gasteiger partial charge on any atom is -0.497 e. The Morgan fingerprint density at radius 2 is 2.03 bits per heavy atom. The van der Waals surface area contributed by atoms with E-state index in [4.69, 9.17) is 9.47 Å². The molecule has 0 spiro atoms. The van der Waals surface area contributed by atoms with E-state index < -0.39 is 0 Å². The lowest BCUT2D eigenvalue weighted by Gasteiger charge is -2.11. The van der Waals surface area contributed by atoms with Crippen LogP contribution >= 0.6 is 0 Å². The standard InChI is InChI=1S/C24H23N5O3/c1-14-10-18-11-17(6-9-21(18)32-14)24(30)26-15(2)23-27-22-12-20(25-13-29(22)28-23)16-4-7-19(31-3)8-5-16/h4-9,11-15H,10H2,1-3H3,(H,26,30)/t14?,15-/m1/s1. The van der Waals surface area contributed by atoms with Gasteiger partial charge in [0.2, 0.25) is 0 Å². The highest BCUT2D eigenvalue weighted by atomic mass is 16.5. The summed E-state index contributed by atoms with van der Waals surface area (Å²) in [5.41, 5.74) is 4.05. The predicted octanol–water partition coefficient (Wildman–Crippen LogP) is 3.61. The van der Waals surface area contributed by atoms with Gasteiger partial charge in [0.1, 0.15) is 23.9 Å². The summed E-state index contributed by atoms with van der Waals surface area (Å²) < 4.78 is 12.5. The van der Waals surface area contributed by atoms with Crippen molar-refractivity contribution in [1.82, 2.24) is 24.9 Å². The lowest BCUT2D eigenvalue weighted by atomic mass is 10.1. The van der Waals surface area contributed by atoms with Crippen LogP contribution < -0.4 is 14.8 Å². The van der Waals surface area contributed by atoms with Crippen LogP contribution in [0.1, 0.15) is 41.6 Å². The molecule has 0 saturated carbocycles. The third kappa shape index (κ3) is 3.75. The molecule has 1 aliphatic rings. The number of hydrogen-bond donors (Lipinski definition) is 1. The van der Waals surface area contributed by atoms with E-state index in [0.29, 0.717) is 17.0 Å². The average molecular weight is 429 g/mol. The first-order chi connectivity index (χ1) is 15.5. The fourth-order valence-corrected chi connectivity index (χ4v) is 3.82. The van der Waals surface area contributed by atoms with E-state index in [1.807, 2.05) is 56.3 Å². The number of hydrogen-bond acceptors (Lipinski definition) is 6. The molecule has 8 heteroatoms. The quantitative estimate of drug-likeness (QED) is 0.521. The molecule has 0 saturated heterocycles. The zero-order valence-corrected chi connectivity index (χ0v) is 18.1. The highest BCUT2D eigenvalue weighted by Crippen LogP contribution is 2.29. The van der Waals surface area contributed by atoms with Crippen molar-refractivity contribution in [3.8, 4) is 22.8 Å². The van der Waals surface area contributed by atoms with Crippen molar-refractivity contribution in [3.63, 3.8) is 0 Å².